The molecular formula is C26H25ClN4O2S. The minimum atomic E-state index is -0.342. The zero-order valence-electron chi connectivity index (χ0n) is 19.1. The number of benzene rings is 3. The van der Waals surface area contributed by atoms with Crippen molar-refractivity contribution in [3.8, 4) is 17.1 Å². The Labute approximate surface area is 208 Å². The molecule has 6 nitrogen and oxygen atoms in total. The summed E-state index contributed by atoms with van der Waals surface area (Å²) in [6.45, 7) is 6.07. The van der Waals surface area contributed by atoms with Gasteiger partial charge in [0.05, 0.1) is 11.0 Å². The molecule has 0 unspecified atom stereocenters. The van der Waals surface area contributed by atoms with E-state index in [-0.39, 0.29) is 17.6 Å². The molecule has 0 spiro atoms. The molecule has 3 N–H and O–H groups in total. The van der Waals surface area contributed by atoms with Gasteiger partial charge in [0.2, 0.25) is 0 Å². The maximum absolute atomic E-state index is 12.2. The number of amides is 1. The molecule has 34 heavy (non-hydrogen) atoms. The van der Waals surface area contributed by atoms with Crippen LogP contribution in [0.25, 0.3) is 22.4 Å². The third kappa shape index (κ3) is 5.73. The Bertz CT molecular complexity index is 1310. The van der Waals surface area contributed by atoms with Gasteiger partial charge in [0.15, 0.2) is 11.7 Å². The van der Waals surface area contributed by atoms with Crippen LogP contribution in [-0.4, -0.2) is 27.6 Å². The Morgan fingerprint density at radius 2 is 1.91 bits per heavy atom. The lowest BCUT2D eigenvalue weighted by molar-refractivity contribution is -0.121. The van der Waals surface area contributed by atoms with Gasteiger partial charge in [-0.2, -0.15) is 0 Å². The molecule has 4 aromatic rings. The number of carbonyl (C=O) groups excluding carboxylic acids is 1. The van der Waals surface area contributed by atoms with E-state index in [1.165, 1.54) is 5.56 Å². The van der Waals surface area contributed by atoms with Crippen LogP contribution in [0.4, 0.5) is 5.69 Å². The molecule has 1 amide bonds. The highest BCUT2D eigenvalue weighted by Crippen LogP contribution is 2.26. The number of hydrogen-bond donors (Lipinski definition) is 3. The van der Waals surface area contributed by atoms with Crippen molar-refractivity contribution < 1.29 is 9.53 Å². The van der Waals surface area contributed by atoms with Crippen molar-refractivity contribution in [2.24, 2.45) is 0 Å². The summed E-state index contributed by atoms with van der Waals surface area (Å²) in [6.07, 6.45) is 0. The van der Waals surface area contributed by atoms with Gasteiger partial charge in [-0.1, -0.05) is 49.7 Å². The first-order valence-corrected chi connectivity index (χ1v) is 11.7. The van der Waals surface area contributed by atoms with Crippen LogP contribution in [0.3, 0.4) is 0 Å². The molecule has 0 radical (unpaired) electrons. The first kappa shape index (κ1) is 23.7. The summed E-state index contributed by atoms with van der Waals surface area (Å²) < 4.78 is 5.55. The van der Waals surface area contributed by atoms with Crippen molar-refractivity contribution in [3.05, 3.63) is 76.8 Å². The predicted octanol–water partition coefficient (Wildman–Crippen LogP) is 6.21. The minimum Gasteiger partial charge on any atom is -0.484 e. The highest BCUT2D eigenvalue weighted by molar-refractivity contribution is 7.80. The summed E-state index contributed by atoms with van der Waals surface area (Å²) in [7, 11) is 0. The number of aromatic amines is 1. The highest BCUT2D eigenvalue weighted by atomic mass is 35.5. The smallest absolute Gasteiger partial charge is 0.264 e. The number of fused-ring (bicyclic) bond motifs is 1. The Balaban J connectivity index is 1.35. The third-order valence-electron chi connectivity index (χ3n) is 5.33. The van der Waals surface area contributed by atoms with E-state index >= 15 is 0 Å². The van der Waals surface area contributed by atoms with Gasteiger partial charge >= 0.3 is 0 Å². The fourth-order valence-electron chi connectivity index (χ4n) is 3.44. The van der Waals surface area contributed by atoms with Crippen molar-refractivity contribution in [2.75, 3.05) is 11.9 Å². The second-order valence-corrected chi connectivity index (χ2v) is 9.11. The van der Waals surface area contributed by atoms with Crippen LogP contribution in [0, 0.1) is 6.92 Å². The second kappa shape index (κ2) is 10.2. The van der Waals surface area contributed by atoms with Crippen molar-refractivity contribution in [2.45, 2.75) is 26.7 Å². The first-order valence-electron chi connectivity index (χ1n) is 10.9. The second-order valence-electron chi connectivity index (χ2n) is 8.30. The predicted molar refractivity (Wildman–Crippen MR) is 142 cm³/mol. The van der Waals surface area contributed by atoms with E-state index in [1.54, 1.807) is 0 Å². The van der Waals surface area contributed by atoms with E-state index in [4.69, 9.17) is 28.6 Å². The van der Waals surface area contributed by atoms with Crippen molar-refractivity contribution in [1.29, 1.82) is 0 Å². The standard InChI is InChI=1S/C26H25ClN4O2S/c1-15(2)17-7-9-20(10-8-17)33-14-24(32)31-26(34)28-19-6-4-5-18(12-19)25-29-22-11-16(3)21(27)13-23(22)30-25/h4-13,15H,14H2,1-3H3,(H,29,30)(H2,28,31,32,34). The molecule has 0 atom stereocenters. The largest absolute Gasteiger partial charge is 0.484 e. The van der Waals surface area contributed by atoms with Crippen molar-refractivity contribution in [1.82, 2.24) is 15.3 Å². The lowest BCUT2D eigenvalue weighted by Gasteiger charge is -2.11. The Hall–Kier alpha value is -3.42. The summed E-state index contributed by atoms with van der Waals surface area (Å²) in [6, 6.07) is 19.1. The summed E-state index contributed by atoms with van der Waals surface area (Å²) in [5.41, 5.74) is 5.51. The molecule has 0 saturated heterocycles. The Kier molecular flexibility index (Phi) is 7.14. The average Bonchev–Trinajstić information content (AvgIpc) is 3.21. The number of imidazole rings is 1. The molecule has 3 aromatic carbocycles. The number of thiocarbonyl (C=S) groups is 1. The van der Waals surface area contributed by atoms with Crippen LogP contribution in [0.2, 0.25) is 5.02 Å². The van der Waals surface area contributed by atoms with Gasteiger partial charge in [-0.05, 0) is 72.6 Å². The maximum atomic E-state index is 12.2. The van der Waals surface area contributed by atoms with Crippen LogP contribution >= 0.6 is 23.8 Å². The fourth-order valence-corrected chi connectivity index (χ4v) is 3.83. The summed E-state index contributed by atoms with van der Waals surface area (Å²) in [5.74, 6) is 1.44. The van der Waals surface area contributed by atoms with Crippen LogP contribution < -0.4 is 15.4 Å². The van der Waals surface area contributed by atoms with E-state index < -0.39 is 0 Å². The third-order valence-corrected chi connectivity index (χ3v) is 5.94. The molecule has 8 heteroatoms. The molecule has 4 rings (SSSR count). The van der Waals surface area contributed by atoms with Crippen molar-refractivity contribution in [3.63, 3.8) is 0 Å². The van der Waals surface area contributed by atoms with Crippen LogP contribution in [0.1, 0.15) is 30.9 Å². The minimum absolute atomic E-state index is 0.135. The molecule has 0 aliphatic rings. The zero-order chi connectivity index (χ0) is 24.2. The summed E-state index contributed by atoms with van der Waals surface area (Å²) >= 11 is 11.5. The molecule has 0 aliphatic heterocycles. The Morgan fingerprint density at radius 1 is 1.15 bits per heavy atom. The van der Waals surface area contributed by atoms with E-state index in [1.807, 2.05) is 67.6 Å². The van der Waals surface area contributed by atoms with Gasteiger partial charge < -0.3 is 15.0 Å². The number of carbonyl (C=O) groups is 1. The number of anilines is 1. The molecular weight excluding hydrogens is 468 g/mol. The van der Waals surface area contributed by atoms with Gasteiger partial charge in [0.25, 0.3) is 5.91 Å². The highest BCUT2D eigenvalue weighted by Gasteiger charge is 2.10. The van der Waals surface area contributed by atoms with Crippen LogP contribution in [-0.2, 0) is 4.79 Å². The number of nitrogens with zero attached hydrogens (tertiary/aromatic N) is 1. The van der Waals surface area contributed by atoms with E-state index in [2.05, 4.69) is 34.4 Å². The molecule has 1 heterocycles. The van der Waals surface area contributed by atoms with E-state index in [9.17, 15) is 4.79 Å². The molecule has 0 fully saturated rings. The number of aryl methyl sites for hydroxylation is 1. The van der Waals surface area contributed by atoms with E-state index in [0.29, 0.717) is 22.5 Å². The number of aromatic nitrogens is 2. The number of H-pyrrole nitrogens is 1. The summed E-state index contributed by atoms with van der Waals surface area (Å²) in [5, 5.41) is 6.54. The zero-order valence-corrected chi connectivity index (χ0v) is 20.7. The normalized spacial score (nSPS) is 11.0. The quantitative estimate of drug-likeness (QED) is 0.279. The van der Waals surface area contributed by atoms with Gasteiger partial charge in [-0.25, -0.2) is 4.98 Å². The lowest BCUT2D eigenvalue weighted by Crippen LogP contribution is -2.37. The number of hydrogen-bond acceptors (Lipinski definition) is 4. The first-order chi connectivity index (χ1) is 16.3. The number of ether oxygens (including phenoxy) is 1. The lowest BCUT2D eigenvalue weighted by atomic mass is 10.0. The van der Waals surface area contributed by atoms with Gasteiger partial charge in [0.1, 0.15) is 11.6 Å². The van der Waals surface area contributed by atoms with E-state index in [0.717, 1.165) is 27.8 Å². The molecule has 1 aromatic heterocycles. The van der Waals surface area contributed by atoms with Crippen molar-refractivity contribution >= 4 is 51.6 Å². The molecule has 174 valence electrons. The van der Waals surface area contributed by atoms with Crippen LogP contribution in [0.15, 0.2) is 60.7 Å². The number of rotatable bonds is 6. The number of nitrogens with one attached hydrogen (secondary N) is 3. The maximum Gasteiger partial charge on any atom is 0.264 e. The fraction of sp³-hybridized carbons (Fsp3) is 0.192. The topological polar surface area (TPSA) is 79.0 Å². The average molecular weight is 493 g/mol. The molecule has 0 saturated carbocycles. The monoisotopic (exact) mass is 492 g/mol. The van der Waals surface area contributed by atoms with Gasteiger partial charge in [0, 0.05) is 16.3 Å². The molecule has 0 bridgehead atoms. The molecule has 0 aliphatic carbocycles. The van der Waals surface area contributed by atoms with Gasteiger partial charge in [-0.3, -0.25) is 10.1 Å². The summed E-state index contributed by atoms with van der Waals surface area (Å²) in [4.78, 5) is 20.2. The Morgan fingerprint density at radius 3 is 2.65 bits per heavy atom. The van der Waals surface area contributed by atoms with Gasteiger partial charge in [-0.15, -0.1) is 0 Å². The SMILES string of the molecule is Cc1cc2[nH]c(-c3cccc(NC(=S)NC(=O)COc4ccc(C(C)C)cc4)c3)nc2cc1Cl. The number of halogens is 1. The van der Waals surface area contributed by atoms with Crippen LogP contribution in [0.5, 0.6) is 5.75 Å².